The summed E-state index contributed by atoms with van der Waals surface area (Å²) in [7, 11) is 1.30. The van der Waals surface area contributed by atoms with Crippen LogP contribution in [-0.2, 0) is 4.74 Å². The smallest absolute Gasteiger partial charge is 0.337 e. The molecule has 5 nitrogen and oxygen atoms in total. The van der Waals surface area contributed by atoms with E-state index in [0.29, 0.717) is 11.1 Å². The number of hydrogen-bond donors (Lipinski definition) is 2. The molecule has 0 heterocycles. The molecule has 0 aliphatic rings. The van der Waals surface area contributed by atoms with Gasteiger partial charge in [-0.05, 0) is 38.1 Å². The first-order valence-electron chi connectivity index (χ1n) is 6.51. The van der Waals surface area contributed by atoms with Crippen LogP contribution >= 0.6 is 0 Å². The molecule has 2 N–H and O–H groups in total. The average Bonchev–Trinajstić information content (AvgIpc) is 2.48. The van der Waals surface area contributed by atoms with Gasteiger partial charge in [0, 0.05) is 5.56 Å². The molecule has 1 aromatic carbocycles. The first-order valence-corrected chi connectivity index (χ1v) is 6.51. The number of carbonyl (C=O) groups excluding carboxylic acids is 2. The quantitative estimate of drug-likeness (QED) is 0.828. The molecule has 1 amide bonds. The molecule has 0 bridgehead atoms. The molecule has 0 atom stereocenters. The van der Waals surface area contributed by atoms with Crippen LogP contribution in [0.15, 0.2) is 24.3 Å². The highest BCUT2D eigenvalue weighted by atomic mass is 16.5. The number of esters is 1. The van der Waals surface area contributed by atoms with E-state index < -0.39 is 11.5 Å². The van der Waals surface area contributed by atoms with E-state index in [-0.39, 0.29) is 12.5 Å². The number of ether oxygens (including phenoxy) is 1. The summed E-state index contributed by atoms with van der Waals surface area (Å²) in [6, 6.07) is 6.11. The van der Waals surface area contributed by atoms with Gasteiger partial charge in [0.1, 0.15) is 0 Å². The number of carbonyl (C=O) groups is 2. The molecule has 5 heteroatoms. The van der Waals surface area contributed by atoms with Gasteiger partial charge in [-0.25, -0.2) is 4.79 Å². The first kappa shape index (κ1) is 18.1. The van der Waals surface area contributed by atoms with Gasteiger partial charge in [-0.1, -0.05) is 13.8 Å². The van der Waals surface area contributed by atoms with Crippen molar-refractivity contribution in [3.8, 4) is 0 Å². The Kier molecular flexibility index (Phi) is 7.54. The SMILES string of the molecule is CC.COC(=O)c1ccc(C(=O)NC(C)(C)CO)cc1. The summed E-state index contributed by atoms with van der Waals surface area (Å²) in [5, 5.41) is 11.7. The topological polar surface area (TPSA) is 75.6 Å². The fourth-order valence-electron chi connectivity index (χ4n) is 1.29. The van der Waals surface area contributed by atoms with Gasteiger partial charge >= 0.3 is 5.97 Å². The lowest BCUT2D eigenvalue weighted by Crippen LogP contribution is -2.46. The van der Waals surface area contributed by atoms with Crippen LogP contribution in [0.1, 0.15) is 48.4 Å². The molecule has 112 valence electrons. The molecular weight excluding hydrogens is 258 g/mol. The predicted octanol–water partition coefficient (Wildman–Crippen LogP) is 2.00. The van der Waals surface area contributed by atoms with Gasteiger partial charge in [-0.3, -0.25) is 4.79 Å². The number of methoxy groups -OCH3 is 1. The van der Waals surface area contributed by atoms with Crippen molar-refractivity contribution < 1.29 is 19.4 Å². The van der Waals surface area contributed by atoms with Crippen molar-refractivity contribution in [3.63, 3.8) is 0 Å². The molecule has 1 rings (SSSR count). The molecule has 0 aromatic heterocycles. The third kappa shape index (κ3) is 5.40. The number of benzene rings is 1. The van der Waals surface area contributed by atoms with E-state index in [1.807, 2.05) is 13.8 Å². The van der Waals surface area contributed by atoms with Gasteiger partial charge < -0.3 is 15.2 Å². The summed E-state index contributed by atoms with van der Waals surface area (Å²) in [6.07, 6.45) is 0. The van der Waals surface area contributed by atoms with Crippen molar-refractivity contribution in [3.05, 3.63) is 35.4 Å². The summed E-state index contributed by atoms with van der Waals surface area (Å²) in [4.78, 5) is 23.0. The third-order valence-corrected chi connectivity index (χ3v) is 2.42. The van der Waals surface area contributed by atoms with Crippen LogP contribution in [0.5, 0.6) is 0 Å². The molecule has 0 radical (unpaired) electrons. The van der Waals surface area contributed by atoms with Gasteiger partial charge in [-0.15, -0.1) is 0 Å². The highest BCUT2D eigenvalue weighted by molar-refractivity contribution is 5.96. The minimum absolute atomic E-state index is 0.154. The van der Waals surface area contributed by atoms with Crippen LogP contribution in [0.3, 0.4) is 0 Å². The lowest BCUT2D eigenvalue weighted by atomic mass is 10.1. The second-order valence-corrected chi connectivity index (χ2v) is 4.57. The predicted molar refractivity (Wildman–Crippen MR) is 77.8 cm³/mol. The highest BCUT2D eigenvalue weighted by Crippen LogP contribution is 2.08. The van der Waals surface area contributed by atoms with Crippen LogP contribution in [0, 0.1) is 0 Å². The number of aliphatic hydroxyl groups excluding tert-OH is 1. The van der Waals surface area contributed by atoms with Gasteiger partial charge in [0.05, 0.1) is 24.8 Å². The normalized spacial score (nSPS) is 10.1. The van der Waals surface area contributed by atoms with Gasteiger partial charge in [-0.2, -0.15) is 0 Å². The van der Waals surface area contributed by atoms with E-state index in [4.69, 9.17) is 5.11 Å². The van der Waals surface area contributed by atoms with Gasteiger partial charge in [0.25, 0.3) is 5.91 Å². The minimum Gasteiger partial charge on any atom is -0.465 e. The van der Waals surface area contributed by atoms with Crippen molar-refractivity contribution >= 4 is 11.9 Å². The first-order chi connectivity index (χ1) is 9.39. The molecule has 0 spiro atoms. The molecule has 0 fully saturated rings. The van der Waals surface area contributed by atoms with E-state index in [0.717, 1.165) is 0 Å². The largest absolute Gasteiger partial charge is 0.465 e. The second-order valence-electron chi connectivity index (χ2n) is 4.57. The maximum absolute atomic E-state index is 11.8. The Bertz CT molecular complexity index is 438. The Morgan fingerprint density at radius 2 is 1.60 bits per heavy atom. The Labute approximate surface area is 120 Å². The summed E-state index contributed by atoms with van der Waals surface area (Å²) in [5.41, 5.74) is 0.123. The maximum Gasteiger partial charge on any atom is 0.337 e. The fraction of sp³-hybridized carbons (Fsp3) is 0.467. The molecule has 0 aliphatic carbocycles. The third-order valence-electron chi connectivity index (χ3n) is 2.42. The van der Waals surface area contributed by atoms with Crippen LogP contribution in [-0.4, -0.2) is 36.2 Å². The zero-order chi connectivity index (χ0) is 15.8. The van der Waals surface area contributed by atoms with Crippen LogP contribution in [0.25, 0.3) is 0 Å². The van der Waals surface area contributed by atoms with Crippen molar-refractivity contribution in [1.29, 1.82) is 0 Å². The summed E-state index contributed by atoms with van der Waals surface area (Å²) < 4.78 is 4.56. The lowest BCUT2D eigenvalue weighted by molar-refractivity contribution is 0.0600. The standard InChI is InChI=1S/C13H17NO4.C2H6/c1-13(2,8-15)14-11(16)9-4-6-10(7-5-9)12(17)18-3;1-2/h4-7,15H,8H2,1-3H3,(H,14,16);1-2H3. The van der Waals surface area contributed by atoms with E-state index in [9.17, 15) is 9.59 Å². The summed E-state index contributed by atoms with van der Waals surface area (Å²) in [6.45, 7) is 7.28. The average molecular weight is 281 g/mol. The van der Waals surface area contributed by atoms with Crippen molar-refractivity contribution in [2.24, 2.45) is 0 Å². The van der Waals surface area contributed by atoms with E-state index in [2.05, 4.69) is 10.1 Å². The van der Waals surface area contributed by atoms with Gasteiger partial charge in [0.2, 0.25) is 0 Å². The number of aliphatic hydroxyl groups is 1. The van der Waals surface area contributed by atoms with Crippen LogP contribution in [0.2, 0.25) is 0 Å². The molecule has 0 aliphatic heterocycles. The minimum atomic E-state index is -0.682. The fourth-order valence-corrected chi connectivity index (χ4v) is 1.29. The number of rotatable bonds is 4. The Morgan fingerprint density at radius 3 is 2.00 bits per heavy atom. The number of amides is 1. The maximum atomic E-state index is 11.8. The van der Waals surface area contributed by atoms with E-state index in [1.54, 1.807) is 13.8 Å². The zero-order valence-corrected chi connectivity index (χ0v) is 12.7. The van der Waals surface area contributed by atoms with Crippen molar-refractivity contribution in [1.82, 2.24) is 5.32 Å². The molecule has 20 heavy (non-hydrogen) atoms. The lowest BCUT2D eigenvalue weighted by Gasteiger charge is -2.23. The van der Waals surface area contributed by atoms with Crippen molar-refractivity contribution in [2.45, 2.75) is 33.2 Å². The Morgan fingerprint density at radius 1 is 1.15 bits per heavy atom. The number of nitrogens with one attached hydrogen (secondary N) is 1. The molecular formula is C15H23NO4. The Hall–Kier alpha value is -1.88. The van der Waals surface area contributed by atoms with Crippen molar-refractivity contribution in [2.75, 3.05) is 13.7 Å². The van der Waals surface area contributed by atoms with E-state index >= 15 is 0 Å². The summed E-state index contributed by atoms with van der Waals surface area (Å²) >= 11 is 0. The highest BCUT2D eigenvalue weighted by Gasteiger charge is 2.20. The summed E-state index contributed by atoms with van der Waals surface area (Å²) in [5.74, 6) is -0.747. The molecule has 0 saturated heterocycles. The van der Waals surface area contributed by atoms with Crippen LogP contribution in [0.4, 0.5) is 0 Å². The molecule has 1 aromatic rings. The number of hydrogen-bond acceptors (Lipinski definition) is 4. The van der Waals surface area contributed by atoms with Crippen LogP contribution < -0.4 is 5.32 Å². The monoisotopic (exact) mass is 281 g/mol. The Balaban J connectivity index is 0.00000172. The molecule has 0 saturated carbocycles. The molecule has 0 unspecified atom stereocenters. The zero-order valence-electron chi connectivity index (χ0n) is 12.7. The second kappa shape index (κ2) is 8.32. The van der Waals surface area contributed by atoms with E-state index in [1.165, 1.54) is 31.4 Å². The van der Waals surface area contributed by atoms with Gasteiger partial charge in [0.15, 0.2) is 0 Å².